The van der Waals surface area contributed by atoms with Crippen molar-refractivity contribution in [3.8, 4) is 0 Å². The van der Waals surface area contributed by atoms with Gasteiger partial charge in [-0.3, -0.25) is 4.79 Å². The zero-order valence-electron chi connectivity index (χ0n) is 42.3. The smallest absolute Gasteiger partial charge is 0.249 e. The summed E-state index contributed by atoms with van der Waals surface area (Å²) >= 11 is 0. The molecule has 64 heavy (non-hydrogen) atoms. The molecule has 0 saturated heterocycles. The van der Waals surface area contributed by atoms with Gasteiger partial charge in [-0.15, -0.1) is 0 Å². The van der Waals surface area contributed by atoms with Gasteiger partial charge in [-0.25, -0.2) is 0 Å². The number of allylic oxidation sites excluding steroid dienone is 10. The van der Waals surface area contributed by atoms with Gasteiger partial charge in [0, 0.05) is 0 Å². The predicted octanol–water partition coefficient (Wildman–Crippen LogP) is 16.0. The number of hydrogen-bond acceptors (Lipinski definition) is 5. The highest BCUT2D eigenvalue weighted by Crippen LogP contribution is 2.16. The van der Waals surface area contributed by atoms with E-state index in [9.17, 15) is 25.2 Å². The first-order chi connectivity index (χ1) is 31.5. The van der Waals surface area contributed by atoms with Crippen LogP contribution in [-0.2, 0) is 4.79 Å². The number of carbonyl (C=O) groups is 1. The standard InChI is InChI=1S/C58H107NO5/c1-3-5-7-9-11-13-15-17-19-21-22-23-24-25-26-27-28-29-30-31-32-33-34-35-36-38-40-42-44-46-48-50-52-56(62)58(64)59-54(53-60)57(63)55(61)51-49-47-45-43-41-39-37-20-18-16-14-12-10-8-6-4-2/h12,14,20,22-23,25-26,37,43,45,54-57,60-63H,3-11,13,15-19,21,24,27-36,38-42,44,46-53H2,1-2H3,(H,59,64)/b14-12+,23-22-,26-25-,37-20+,45-43+. The number of carbonyl (C=O) groups excluding carboxylic acids is 1. The van der Waals surface area contributed by atoms with E-state index in [-0.39, 0.29) is 0 Å². The zero-order chi connectivity index (χ0) is 46.7. The monoisotopic (exact) mass is 898 g/mol. The van der Waals surface area contributed by atoms with E-state index in [0.29, 0.717) is 19.3 Å². The van der Waals surface area contributed by atoms with Gasteiger partial charge in [0.15, 0.2) is 0 Å². The van der Waals surface area contributed by atoms with Crippen LogP contribution in [0.3, 0.4) is 0 Å². The molecule has 0 fully saturated rings. The number of amides is 1. The number of hydrogen-bond donors (Lipinski definition) is 5. The van der Waals surface area contributed by atoms with Crippen molar-refractivity contribution >= 4 is 5.91 Å². The normalized spacial score (nSPS) is 14.3. The lowest BCUT2D eigenvalue weighted by Crippen LogP contribution is -2.53. The van der Waals surface area contributed by atoms with Gasteiger partial charge in [-0.05, 0) is 96.3 Å². The summed E-state index contributed by atoms with van der Waals surface area (Å²) in [5, 5.41) is 43.8. The number of unbranched alkanes of at least 4 members (excludes halogenated alkanes) is 31. The molecule has 1 amide bonds. The molecule has 4 unspecified atom stereocenters. The lowest BCUT2D eigenvalue weighted by atomic mass is 10.00. The summed E-state index contributed by atoms with van der Waals surface area (Å²) in [6.07, 6.45) is 67.2. The van der Waals surface area contributed by atoms with Gasteiger partial charge in [0.25, 0.3) is 0 Å². The fourth-order valence-corrected chi connectivity index (χ4v) is 8.29. The SMILES string of the molecule is CCCCC/C=C/CC/C=C/CC/C=C/CCCC(O)C(O)C(CO)NC(=O)C(O)CCCCCCCCCCCCCCCCCC/C=C\C/C=C\CCCCCCCCCCC. The molecule has 0 heterocycles. The van der Waals surface area contributed by atoms with Crippen LogP contribution in [0.2, 0.25) is 0 Å². The molecule has 0 aliphatic heterocycles. The summed E-state index contributed by atoms with van der Waals surface area (Å²) < 4.78 is 0. The van der Waals surface area contributed by atoms with E-state index in [2.05, 4.69) is 79.9 Å². The van der Waals surface area contributed by atoms with E-state index >= 15 is 0 Å². The molecule has 374 valence electrons. The summed E-state index contributed by atoms with van der Waals surface area (Å²) in [6.45, 7) is 4.02. The third kappa shape index (κ3) is 45.2. The molecule has 5 N–H and O–H groups in total. The molecular formula is C58H107NO5. The minimum atomic E-state index is -1.30. The van der Waals surface area contributed by atoms with E-state index < -0.39 is 36.9 Å². The minimum Gasteiger partial charge on any atom is -0.394 e. The molecule has 0 aromatic rings. The van der Waals surface area contributed by atoms with Crippen LogP contribution in [0.15, 0.2) is 60.8 Å². The van der Waals surface area contributed by atoms with E-state index in [1.165, 1.54) is 180 Å². The Morgan fingerprint density at radius 2 is 0.703 bits per heavy atom. The Morgan fingerprint density at radius 1 is 0.391 bits per heavy atom. The zero-order valence-corrected chi connectivity index (χ0v) is 42.3. The third-order valence-electron chi connectivity index (χ3n) is 12.7. The first kappa shape index (κ1) is 62.0. The van der Waals surface area contributed by atoms with Crippen LogP contribution >= 0.6 is 0 Å². The van der Waals surface area contributed by atoms with Gasteiger partial charge < -0.3 is 25.7 Å². The van der Waals surface area contributed by atoms with Crippen molar-refractivity contribution in [3.05, 3.63) is 60.8 Å². The predicted molar refractivity (Wildman–Crippen MR) is 279 cm³/mol. The average Bonchev–Trinajstić information content (AvgIpc) is 3.30. The second-order valence-electron chi connectivity index (χ2n) is 18.9. The lowest BCUT2D eigenvalue weighted by Gasteiger charge is -2.27. The van der Waals surface area contributed by atoms with Crippen molar-refractivity contribution in [1.29, 1.82) is 0 Å². The van der Waals surface area contributed by atoms with E-state index in [1.807, 2.05) is 0 Å². The van der Waals surface area contributed by atoms with Crippen molar-refractivity contribution < 1.29 is 25.2 Å². The van der Waals surface area contributed by atoms with Gasteiger partial charge in [-0.2, -0.15) is 0 Å². The fraction of sp³-hybridized carbons (Fsp3) is 0.810. The molecule has 0 aromatic carbocycles. The largest absolute Gasteiger partial charge is 0.394 e. The third-order valence-corrected chi connectivity index (χ3v) is 12.7. The fourth-order valence-electron chi connectivity index (χ4n) is 8.29. The van der Waals surface area contributed by atoms with Crippen LogP contribution < -0.4 is 5.32 Å². The summed E-state index contributed by atoms with van der Waals surface area (Å²) in [7, 11) is 0. The van der Waals surface area contributed by atoms with Crippen molar-refractivity contribution in [2.75, 3.05) is 6.61 Å². The number of rotatable bonds is 50. The minimum absolute atomic E-state index is 0.357. The van der Waals surface area contributed by atoms with Crippen molar-refractivity contribution in [1.82, 2.24) is 5.32 Å². The quantitative estimate of drug-likeness (QED) is 0.0309. The molecule has 6 nitrogen and oxygen atoms in total. The molecule has 6 heteroatoms. The van der Waals surface area contributed by atoms with Gasteiger partial charge in [0.1, 0.15) is 12.2 Å². The van der Waals surface area contributed by atoms with Gasteiger partial charge >= 0.3 is 0 Å². The number of aliphatic hydroxyl groups is 4. The van der Waals surface area contributed by atoms with Crippen LogP contribution in [0.4, 0.5) is 0 Å². The average molecular weight is 898 g/mol. The summed E-state index contributed by atoms with van der Waals surface area (Å²) in [5.74, 6) is -0.599. The maximum atomic E-state index is 12.6. The van der Waals surface area contributed by atoms with Crippen molar-refractivity contribution in [2.45, 2.75) is 295 Å². The summed E-state index contributed by atoms with van der Waals surface area (Å²) in [5.41, 5.74) is 0. The van der Waals surface area contributed by atoms with E-state index in [1.54, 1.807) is 0 Å². The maximum absolute atomic E-state index is 12.6. The second kappa shape index (κ2) is 52.0. The molecule has 0 aliphatic rings. The van der Waals surface area contributed by atoms with Crippen molar-refractivity contribution in [2.24, 2.45) is 0 Å². The van der Waals surface area contributed by atoms with Crippen LogP contribution in [-0.4, -0.2) is 57.3 Å². The molecule has 0 radical (unpaired) electrons. The Hall–Kier alpha value is -1.99. The highest BCUT2D eigenvalue weighted by atomic mass is 16.3. The van der Waals surface area contributed by atoms with Crippen molar-refractivity contribution in [3.63, 3.8) is 0 Å². The molecule has 0 rings (SSSR count). The summed E-state index contributed by atoms with van der Waals surface area (Å²) in [6, 6.07) is -1.01. The number of nitrogens with one attached hydrogen (secondary N) is 1. The highest BCUT2D eigenvalue weighted by Gasteiger charge is 2.28. The Balaban J connectivity index is 3.64. The first-order valence-electron chi connectivity index (χ1n) is 27.7. The summed E-state index contributed by atoms with van der Waals surface area (Å²) in [4.78, 5) is 12.6. The van der Waals surface area contributed by atoms with Crippen LogP contribution in [0.5, 0.6) is 0 Å². The second-order valence-corrected chi connectivity index (χ2v) is 18.9. The van der Waals surface area contributed by atoms with Gasteiger partial charge in [0.2, 0.25) is 5.91 Å². The maximum Gasteiger partial charge on any atom is 0.249 e. The molecule has 0 spiro atoms. The Morgan fingerprint density at radius 3 is 1.11 bits per heavy atom. The molecule has 4 atom stereocenters. The van der Waals surface area contributed by atoms with Crippen LogP contribution in [0, 0.1) is 0 Å². The van der Waals surface area contributed by atoms with Crippen LogP contribution in [0.25, 0.3) is 0 Å². The lowest BCUT2D eigenvalue weighted by molar-refractivity contribution is -0.132. The molecular weight excluding hydrogens is 791 g/mol. The molecule has 0 bridgehead atoms. The molecule has 0 aliphatic carbocycles. The molecule has 0 aromatic heterocycles. The van der Waals surface area contributed by atoms with E-state index in [0.717, 1.165) is 57.8 Å². The Kier molecular flexibility index (Phi) is 50.4. The molecule has 0 saturated carbocycles. The van der Waals surface area contributed by atoms with Gasteiger partial charge in [0.05, 0.1) is 18.8 Å². The topological polar surface area (TPSA) is 110 Å². The van der Waals surface area contributed by atoms with Crippen LogP contribution in [0.1, 0.15) is 271 Å². The van der Waals surface area contributed by atoms with Gasteiger partial charge in [-0.1, -0.05) is 235 Å². The van der Waals surface area contributed by atoms with E-state index in [4.69, 9.17) is 0 Å². The Labute approximate surface area is 397 Å². The Bertz CT molecular complexity index is 1100. The number of aliphatic hydroxyl groups excluding tert-OH is 4. The highest BCUT2D eigenvalue weighted by molar-refractivity contribution is 5.80. The first-order valence-corrected chi connectivity index (χ1v) is 27.7.